The minimum Gasteiger partial charge on any atom is -0.409 e. The lowest BCUT2D eigenvalue weighted by molar-refractivity contribution is 0.318. The van der Waals surface area contributed by atoms with Crippen molar-refractivity contribution in [3.8, 4) is 0 Å². The quantitative estimate of drug-likeness (QED) is 0.335. The van der Waals surface area contributed by atoms with Crippen LogP contribution >= 0.6 is 11.3 Å². The molecule has 0 amide bonds. The average Bonchev–Trinajstić information content (AvgIpc) is 3.01. The van der Waals surface area contributed by atoms with E-state index in [9.17, 15) is 4.21 Å². The van der Waals surface area contributed by atoms with Gasteiger partial charge in [0.2, 0.25) is 0 Å². The summed E-state index contributed by atoms with van der Waals surface area (Å²) in [5.74, 6) is 0.0660. The molecular formula is C16H21N3O2S2. The zero-order chi connectivity index (χ0) is 17.0. The van der Waals surface area contributed by atoms with E-state index in [-0.39, 0.29) is 16.6 Å². The van der Waals surface area contributed by atoms with Gasteiger partial charge in [-0.15, -0.1) is 11.3 Å². The maximum atomic E-state index is 12.5. The first-order chi connectivity index (χ1) is 10.8. The molecule has 0 radical (unpaired) electrons. The smallest absolute Gasteiger partial charge is 0.170 e. The van der Waals surface area contributed by atoms with Crippen molar-refractivity contribution in [3.63, 3.8) is 0 Å². The number of hydrogen-bond acceptors (Lipinski definition) is 4. The van der Waals surface area contributed by atoms with Gasteiger partial charge in [0.25, 0.3) is 0 Å². The van der Waals surface area contributed by atoms with E-state index in [2.05, 4.69) is 9.88 Å². The molecule has 0 bridgehead atoms. The Balaban J connectivity index is 2.38. The molecule has 1 unspecified atom stereocenters. The molecular weight excluding hydrogens is 330 g/mol. The predicted molar refractivity (Wildman–Crippen MR) is 96.1 cm³/mol. The van der Waals surface area contributed by atoms with Crippen molar-refractivity contribution in [2.75, 3.05) is 0 Å². The third kappa shape index (κ3) is 4.40. The van der Waals surface area contributed by atoms with Gasteiger partial charge in [-0.05, 0) is 32.4 Å². The van der Waals surface area contributed by atoms with Crippen LogP contribution in [0.4, 0.5) is 0 Å². The van der Waals surface area contributed by atoms with Crippen LogP contribution in [-0.2, 0) is 11.0 Å². The van der Waals surface area contributed by atoms with Crippen molar-refractivity contribution >= 4 is 28.2 Å². The molecule has 0 aliphatic carbocycles. The second-order valence-corrected chi connectivity index (χ2v) is 9.01. The van der Waals surface area contributed by atoms with Gasteiger partial charge in [0.05, 0.1) is 21.8 Å². The lowest BCUT2D eigenvalue weighted by Gasteiger charge is -2.24. The molecule has 2 atom stereocenters. The van der Waals surface area contributed by atoms with Gasteiger partial charge in [-0.2, -0.15) is 0 Å². The highest BCUT2D eigenvalue weighted by Crippen LogP contribution is 2.29. The minimum absolute atomic E-state index is 0.0660. The van der Waals surface area contributed by atoms with Gasteiger partial charge >= 0.3 is 0 Å². The van der Waals surface area contributed by atoms with E-state index in [1.807, 2.05) is 62.5 Å². The monoisotopic (exact) mass is 351 g/mol. The van der Waals surface area contributed by atoms with Crippen molar-refractivity contribution in [1.29, 1.82) is 0 Å². The van der Waals surface area contributed by atoms with E-state index in [4.69, 9.17) is 10.9 Å². The summed E-state index contributed by atoms with van der Waals surface area (Å²) in [6, 6.07) is 11.4. The number of benzene rings is 1. The summed E-state index contributed by atoms with van der Waals surface area (Å²) in [7, 11) is -1.23. The Kier molecular flexibility index (Phi) is 5.56. The fourth-order valence-electron chi connectivity index (χ4n) is 1.92. The first-order valence-corrected chi connectivity index (χ1v) is 9.15. The Morgan fingerprint density at radius 2 is 2.00 bits per heavy atom. The zero-order valence-corrected chi connectivity index (χ0v) is 14.9. The number of amidine groups is 1. The molecule has 1 heterocycles. The fourth-order valence-corrected chi connectivity index (χ4v) is 3.80. The van der Waals surface area contributed by atoms with Gasteiger partial charge in [0.15, 0.2) is 5.84 Å². The van der Waals surface area contributed by atoms with Crippen LogP contribution in [0.25, 0.3) is 0 Å². The highest BCUT2D eigenvalue weighted by atomic mass is 32.2. The SMILES string of the molecule is CC(C)(C)S(=O)N[C@H](c1ccccc1)c1cc(/C(N)=N/O)cs1. The molecule has 4 N–H and O–H groups in total. The Hall–Kier alpha value is -1.70. The third-order valence-electron chi connectivity index (χ3n) is 3.22. The number of nitrogens with one attached hydrogen (secondary N) is 1. The maximum Gasteiger partial charge on any atom is 0.170 e. The number of nitrogens with zero attached hydrogens (tertiary/aromatic N) is 1. The summed E-state index contributed by atoms with van der Waals surface area (Å²) >= 11 is 1.48. The van der Waals surface area contributed by atoms with Crippen LogP contribution in [0.2, 0.25) is 0 Å². The fraction of sp³-hybridized carbons (Fsp3) is 0.312. The molecule has 0 aliphatic heterocycles. The zero-order valence-electron chi connectivity index (χ0n) is 13.3. The highest BCUT2D eigenvalue weighted by Gasteiger charge is 2.25. The summed E-state index contributed by atoms with van der Waals surface area (Å²) in [5.41, 5.74) is 7.31. The normalized spacial score (nSPS) is 15.3. The van der Waals surface area contributed by atoms with Crippen LogP contribution in [0.5, 0.6) is 0 Å². The topological polar surface area (TPSA) is 87.7 Å². The second kappa shape index (κ2) is 7.25. The molecule has 0 aliphatic rings. The molecule has 2 aromatic rings. The number of thiophene rings is 1. The number of hydrogen-bond donors (Lipinski definition) is 3. The molecule has 23 heavy (non-hydrogen) atoms. The van der Waals surface area contributed by atoms with E-state index >= 15 is 0 Å². The third-order valence-corrected chi connectivity index (χ3v) is 5.78. The van der Waals surface area contributed by atoms with Crippen molar-refractivity contribution < 1.29 is 9.42 Å². The maximum absolute atomic E-state index is 12.5. The summed E-state index contributed by atoms with van der Waals surface area (Å²) in [6.07, 6.45) is 0. The number of nitrogens with two attached hydrogens (primary N) is 1. The van der Waals surface area contributed by atoms with Crippen LogP contribution < -0.4 is 10.5 Å². The van der Waals surface area contributed by atoms with Crippen molar-refractivity contribution in [2.24, 2.45) is 10.9 Å². The number of oxime groups is 1. The lowest BCUT2D eigenvalue weighted by Crippen LogP contribution is -2.36. The minimum atomic E-state index is -1.23. The largest absolute Gasteiger partial charge is 0.409 e. The lowest BCUT2D eigenvalue weighted by atomic mass is 10.1. The van der Waals surface area contributed by atoms with Gasteiger partial charge < -0.3 is 10.9 Å². The highest BCUT2D eigenvalue weighted by molar-refractivity contribution is 7.84. The van der Waals surface area contributed by atoms with Gasteiger partial charge in [-0.1, -0.05) is 35.5 Å². The standard InChI is InChI=1S/C16H21N3O2S2/c1-16(2,3)23(21)19-14(11-7-5-4-6-8-11)13-9-12(10-22-13)15(17)18-20/h4-10,14,19-20H,1-3H3,(H2,17,18)/t14-,23?/m1/s1. The van der Waals surface area contributed by atoms with Crippen LogP contribution in [0.1, 0.15) is 42.8 Å². The molecule has 0 saturated carbocycles. The second-order valence-electron chi connectivity index (χ2n) is 6.07. The van der Waals surface area contributed by atoms with Gasteiger partial charge in [-0.25, -0.2) is 8.93 Å². The van der Waals surface area contributed by atoms with E-state index < -0.39 is 11.0 Å². The Labute approximate surface area is 142 Å². The van der Waals surface area contributed by atoms with E-state index in [1.165, 1.54) is 11.3 Å². The Morgan fingerprint density at radius 3 is 2.57 bits per heavy atom. The molecule has 124 valence electrons. The van der Waals surface area contributed by atoms with Gasteiger partial charge in [0.1, 0.15) is 0 Å². The van der Waals surface area contributed by atoms with Crippen LogP contribution in [0.15, 0.2) is 46.9 Å². The summed E-state index contributed by atoms with van der Waals surface area (Å²) in [4.78, 5) is 0.954. The van der Waals surface area contributed by atoms with Crippen molar-refractivity contribution in [2.45, 2.75) is 31.6 Å². The number of rotatable bonds is 5. The molecule has 7 heteroatoms. The average molecular weight is 351 g/mol. The van der Waals surface area contributed by atoms with Crippen LogP contribution in [0.3, 0.4) is 0 Å². The van der Waals surface area contributed by atoms with Crippen LogP contribution in [-0.4, -0.2) is 20.0 Å². The molecule has 1 aromatic carbocycles. The van der Waals surface area contributed by atoms with Crippen molar-refractivity contribution in [3.05, 3.63) is 57.8 Å². The first-order valence-electron chi connectivity index (χ1n) is 7.12. The molecule has 1 aromatic heterocycles. The van der Waals surface area contributed by atoms with Gasteiger partial charge in [-0.3, -0.25) is 0 Å². The van der Waals surface area contributed by atoms with Crippen molar-refractivity contribution in [1.82, 2.24) is 4.72 Å². The van der Waals surface area contributed by atoms with E-state index in [0.29, 0.717) is 5.56 Å². The predicted octanol–water partition coefficient (Wildman–Crippen LogP) is 2.98. The molecule has 0 saturated heterocycles. The summed E-state index contributed by atoms with van der Waals surface area (Å²) in [5, 5.41) is 13.7. The molecule has 0 spiro atoms. The molecule has 0 fully saturated rings. The van der Waals surface area contributed by atoms with E-state index in [1.54, 1.807) is 0 Å². The van der Waals surface area contributed by atoms with Crippen LogP contribution in [0, 0.1) is 0 Å². The Bertz CT molecular complexity index is 706. The summed E-state index contributed by atoms with van der Waals surface area (Å²) in [6.45, 7) is 5.78. The van der Waals surface area contributed by atoms with Gasteiger partial charge in [0, 0.05) is 15.8 Å². The first kappa shape index (κ1) is 17.7. The summed E-state index contributed by atoms with van der Waals surface area (Å²) < 4.78 is 15.4. The Morgan fingerprint density at radius 1 is 1.35 bits per heavy atom. The molecule has 2 rings (SSSR count). The molecule has 5 nitrogen and oxygen atoms in total. The van der Waals surface area contributed by atoms with E-state index in [0.717, 1.165) is 10.4 Å².